The quantitative estimate of drug-likeness (QED) is 0.500. The molecule has 0 spiro atoms. The lowest BCUT2D eigenvalue weighted by Crippen LogP contribution is -2.29. The fourth-order valence-electron chi connectivity index (χ4n) is 4.60. The van der Waals surface area contributed by atoms with Gasteiger partial charge >= 0.3 is 5.69 Å². The number of fused-ring (bicyclic) bond motifs is 2. The second kappa shape index (κ2) is 7.40. The van der Waals surface area contributed by atoms with Crippen LogP contribution < -0.4 is 25.6 Å². The summed E-state index contributed by atoms with van der Waals surface area (Å²) in [7, 11) is 6.36. The number of nitrogens with one attached hydrogen (secondary N) is 2. The molecule has 0 saturated carbocycles. The van der Waals surface area contributed by atoms with Crippen LogP contribution in [0.1, 0.15) is 17.0 Å². The number of anilines is 1. The smallest absolute Gasteiger partial charge is 0.329 e. The summed E-state index contributed by atoms with van der Waals surface area (Å²) in [6.07, 6.45) is 0. The molecule has 5 rings (SSSR count). The summed E-state index contributed by atoms with van der Waals surface area (Å²) in [5.41, 5.74) is 2.56. The van der Waals surface area contributed by atoms with Crippen LogP contribution in [0.3, 0.4) is 0 Å². The van der Waals surface area contributed by atoms with E-state index in [9.17, 15) is 14.4 Å². The largest absolute Gasteiger partial charge is 0.493 e. The van der Waals surface area contributed by atoms with Crippen LogP contribution in [0.2, 0.25) is 0 Å². The van der Waals surface area contributed by atoms with Gasteiger partial charge in [0.05, 0.1) is 31.2 Å². The van der Waals surface area contributed by atoms with E-state index in [2.05, 4.69) is 9.97 Å². The first kappa shape index (κ1) is 20.6. The van der Waals surface area contributed by atoms with E-state index in [1.807, 2.05) is 30.3 Å². The number of hydrogen-bond acceptors (Lipinski definition) is 5. The van der Waals surface area contributed by atoms with E-state index >= 15 is 0 Å². The zero-order valence-electron chi connectivity index (χ0n) is 18.6. The Morgan fingerprint density at radius 2 is 1.64 bits per heavy atom. The van der Waals surface area contributed by atoms with E-state index in [1.165, 1.54) is 11.7 Å². The molecule has 0 bridgehead atoms. The number of hydrogen-bond donors (Lipinski definition) is 2. The van der Waals surface area contributed by atoms with Gasteiger partial charge in [-0.25, -0.2) is 4.79 Å². The normalized spacial score (nSPS) is 15.2. The van der Waals surface area contributed by atoms with Crippen molar-refractivity contribution in [3.63, 3.8) is 0 Å². The number of carbonyl (C=O) groups is 1. The lowest BCUT2D eigenvalue weighted by Gasteiger charge is -2.14. The molecule has 1 unspecified atom stereocenters. The van der Waals surface area contributed by atoms with Gasteiger partial charge in [0.2, 0.25) is 5.91 Å². The van der Waals surface area contributed by atoms with E-state index in [0.717, 1.165) is 11.3 Å². The summed E-state index contributed by atoms with van der Waals surface area (Å²) in [4.78, 5) is 46.0. The van der Waals surface area contributed by atoms with Crippen molar-refractivity contribution in [1.29, 1.82) is 0 Å². The number of aryl methyl sites for hydroxylation is 1. The van der Waals surface area contributed by atoms with Gasteiger partial charge in [0.25, 0.3) is 5.56 Å². The molecule has 4 aromatic rings. The minimum atomic E-state index is -0.721. The molecule has 0 fully saturated rings. The average molecular weight is 446 g/mol. The lowest BCUT2D eigenvalue weighted by molar-refractivity contribution is -0.118. The summed E-state index contributed by atoms with van der Waals surface area (Å²) in [5.74, 6) is 0.164. The Labute approximate surface area is 188 Å². The molecule has 168 valence electrons. The number of H-pyrrole nitrogens is 2. The highest BCUT2D eigenvalue weighted by Crippen LogP contribution is 2.46. The SMILES string of the molecule is COc1ccc(-c2[nH]c3c(c2C2C(=O)N(C)c4ccccc42)c(=O)[nH]c(=O)n3C)cc1OC. The third-order valence-corrected chi connectivity index (χ3v) is 6.25. The lowest BCUT2D eigenvalue weighted by atomic mass is 9.89. The van der Waals surface area contributed by atoms with E-state index in [-0.39, 0.29) is 11.3 Å². The van der Waals surface area contributed by atoms with Crippen molar-refractivity contribution >= 4 is 22.6 Å². The van der Waals surface area contributed by atoms with Crippen molar-refractivity contribution in [3.8, 4) is 22.8 Å². The Morgan fingerprint density at radius 1 is 0.909 bits per heavy atom. The maximum absolute atomic E-state index is 13.5. The van der Waals surface area contributed by atoms with Crippen LogP contribution in [0, 0.1) is 0 Å². The van der Waals surface area contributed by atoms with Gasteiger partial charge in [-0.3, -0.25) is 19.1 Å². The second-order valence-corrected chi connectivity index (χ2v) is 7.91. The maximum Gasteiger partial charge on any atom is 0.329 e. The Balaban J connectivity index is 1.89. The van der Waals surface area contributed by atoms with Crippen LogP contribution in [-0.4, -0.2) is 41.7 Å². The van der Waals surface area contributed by atoms with Gasteiger partial charge in [-0.05, 0) is 29.8 Å². The minimum Gasteiger partial charge on any atom is -0.493 e. The van der Waals surface area contributed by atoms with Gasteiger partial charge in [-0.1, -0.05) is 18.2 Å². The molecule has 1 aliphatic rings. The standard InChI is InChI=1S/C24H22N4O5/c1-27-14-8-6-5-7-13(14)17(23(27)30)18-19-21(28(2)24(31)26-22(19)29)25-20(18)12-9-10-15(32-3)16(11-12)33-4/h5-11,17,25H,1-4H3,(H,26,29,31). The molecule has 1 amide bonds. The summed E-state index contributed by atoms with van der Waals surface area (Å²) >= 11 is 0. The minimum absolute atomic E-state index is 0.160. The fourth-order valence-corrected chi connectivity index (χ4v) is 4.60. The van der Waals surface area contributed by atoms with Crippen LogP contribution >= 0.6 is 0 Å². The summed E-state index contributed by atoms with van der Waals surface area (Å²) in [5, 5.41) is 0.269. The molecular weight excluding hydrogens is 424 g/mol. The number of aromatic nitrogens is 3. The van der Waals surface area contributed by atoms with Gasteiger partial charge in [0, 0.05) is 30.9 Å². The molecule has 0 radical (unpaired) electrons. The van der Waals surface area contributed by atoms with Crippen LogP contribution in [-0.2, 0) is 11.8 Å². The fraction of sp³-hybridized carbons (Fsp3) is 0.208. The Morgan fingerprint density at radius 3 is 2.36 bits per heavy atom. The summed E-state index contributed by atoms with van der Waals surface area (Å²) in [6.45, 7) is 0. The second-order valence-electron chi connectivity index (χ2n) is 7.91. The number of amides is 1. The van der Waals surface area contributed by atoms with Crippen LogP contribution in [0.15, 0.2) is 52.1 Å². The summed E-state index contributed by atoms with van der Waals surface area (Å²) in [6, 6.07) is 12.8. The first-order valence-corrected chi connectivity index (χ1v) is 10.3. The zero-order chi connectivity index (χ0) is 23.4. The average Bonchev–Trinajstić information content (AvgIpc) is 3.33. The number of rotatable bonds is 4. The van der Waals surface area contributed by atoms with Crippen LogP contribution in [0.4, 0.5) is 5.69 Å². The molecular formula is C24H22N4O5. The molecule has 9 heteroatoms. The zero-order valence-corrected chi connectivity index (χ0v) is 18.6. The molecule has 0 saturated heterocycles. The van der Waals surface area contributed by atoms with E-state index in [1.54, 1.807) is 38.2 Å². The molecule has 1 aliphatic heterocycles. The van der Waals surface area contributed by atoms with Crippen LogP contribution in [0.25, 0.3) is 22.3 Å². The molecule has 1 atom stereocenters. The molecule has 0 aliphatic carbocycles. The van der Waals surface area contributed by atoms with Gasteiger partial charge in [-0.15, -0.1) is 0 Å². The number of carbonyl (C=O) groups excluding carboxylic acids is 1. The van der Waals surface area contributed by atoms with Gasteiger partial charge < -0.3 is 19.4 Å². The van der Waals surface area contributed by atoms with Crippen molar-refractivity contribution in [2.24, 2.45) is 7.05 Å². The van der Waals surface area contributed by atoms with E-state index in [4.69, 9.17) is 9.47 Å². The number of benzene rings is 2. The van der Waals surface area contributed by atoms with Crippen molar-refractivity contribution in [3.05, 3.63) is 74.4 Å². The monoisotopic (exact) mass is 446 g/mol. The van der Waals surface area contributed by atoms with Crippen molar-refractivity contribution in [2.45, 2.75) is 5.92 Å². The van der Waals surface area contributed by atoms with Crippen molar-refractivity contribution < 1.29 is 14.3 Å². The summed E-state index contributed by atoms with van der Waals surface area (Å²) < 4.78 is 12.1. The molecule has 33 heavy (non-hydrogen) atoms. The van der Waals surface area contributed by atoms with Gasteiger partial charge in [-0.2, -0.15) is 0 Å². The first-order valence-electron chi connectivity index (χ1n) is 10.3. The topological polar surface area (TPSA) is 109 Å². The highest BCUT2D eigenvalue weighted by molar-refractivity contribution is 6.10. The number of ether oxygens (including phenoxy) is 2. The number of para-hydroxylation sites is 1. The molecule has 2 aromatic carbocycles. The Kier molecular flexibility index (Phi) is 4.63. The highest BCUT2D eigenvalue weighted by Gasteiger charge is 2.40. The molecule has 2 N–H and O–H groups in total. The molecule has 2 aromatic heterocycles. The third kappa shape index (κ3) is 2.89. The first-order chi connectivity index (χ1) is 15.9. The Bertz CT molecular complexity index is 1540. The predicted octanol–water partition coefficient (Wildman–Crippen LogP) is 2.35. The van der Waals surface area contributed by atoms with Gasteiger partial charge in [0.1, 0.15) is 5.65 Å². The van der Waals surface area contributed by atoms with Crippen molar-refractivity contribution in [1.82, 2.24) is 14.5 Å². The Hall–Kier alpha value is -4.27. The molecule has 9 nitrogen and oxygen atoms in total. The van der Waals surface area contributed by atoms with Crippen molar-refractivity contribution in [2.75, 3.05) is 26.2 Å². The van der Waals surface area contributed by atoms with E-state index < -0.39 is 17.2 Å². The van der Waals surface area contributed by atoms with E-state index in [0.29, 0.717) is 34.0 Å². The number of aromatic amines is 2. The molecule has 3 heterocycles. The highest BCUT2D eigenvalue weighted by atomic mass is 16.5. The van der Waals surface area contributed by atoms with Crippen LogP contribution in [0.5, 0.6) is 11.5 Å². The number of methoxy groups -OCH3 is 2. The number of likely N-dealkylation sites (N-methyl/N-ethyl adjacent to an activating group) is 1. The van der Waals surface area contributed by atoms with Gasteiger partial charge in [0.15, 0.2) is 11.5 Å². The maximum atomic E-state index is 13.5. The third-order valence-electron chi connectivity index (χ3n) is 6.25. The predicted molar refractivity (Wildman–Crippen MR) is 124 cm³/mol. The number of nitrogens with zero attached hydrogens (tertiary/aromatic N) is 2.